The minimum Gasteiger partial charge on any atom is -0.312 e. The lowest BCUT2D eigenvalue weighted by molar-refractivity contribution is -0.126. The minimum absolute atomic E-state index is 0.0422. The van der Waals surface area contributed by atoms with Gasteiger partial charge in [0.15, 0.2) is 0 Å². The molecule has 5 nitrogen and oxygen atoms in total. The van der Waals surface area contributed by atoms with Crippen molar-refractivity contribution in [2.45, 2.75) is 6.42 Å². The van der Waals surface area contributed by atoms with E-state index in [0.29, 0.717) is 6.54 Å². The Kier molecular flexibility index (Phi) is 4.66. The topological polar surface area (TPSA) is 61.8 Å². The van der Waals surface area contributed by atoms with Crippen molar-refractivity contribution in [1.29, 1.82) is 0 Å². The molecule has 1 aliphatic heterocycles. The number of benzene rings is 3. The average Bonchev–Trinajstić information content (AvgIpc) is 3.10. The largest absolute Gasteiger partial charge is 0.312 e. The lowest BCUT2D eigenvalue weighted by Gasteiger charge is -2.16. The Balaban J connectivity index is 1.42. The molecule has 1 N–H and O–H groups in total. The predicted molar refractivity (Wildman–Crippen MR) is 107 cm³/mol. The fraction of sp³-hybridized carbons (Fsp3) is 0.136. The average molecular weight is 357 g/mol. The Morgan fingerprint density at radius 1 is 1.00 bits per heavy atom. The van der Waals surface area contributed by atoms with Crippen LogP contribution < -0.4 is 10.3 Å². The number of nitrogens with one attached hydrogen (secondary N) is 1. The van der Waals surface area contributed by atoms with Crippen LogP contribution in [0.5, 0.6) is 0 Å². The Bertz CT molecular complexity index is 1010. The summed E-state index contributed by atoms with van der Waals surface area (Å²) in [5.74, 6) is -0.681. The summed E-state index contributed by atoms with van der Waals surface area (Å²) in [6, 6.07) is 23.4. The maximum Gasteiger partial charge on any atom is 0.245 e. The number of carbonyl (C=O) groups is 2. The Hall–Kier alpha value is -3.47. The molecule has 3 aromatic rings. The molecule has 4 rings (SSSR count). The van der Waals surface area contributed by atoms with Crippen LogP contribution in [0.3, 0.4) is 0 Å². The van der Waals surface area contributed by atoms with Crippen LogP contribution in [-0.4, -0.2) is 24.6 Å². The Labute approximate surface area is 157 Å². The quantitative estimate of drug-likeness (QED) is 0.575. The predicted octanol–water partition coefficient (Wildman–Crippen LogP) is 3.34. The van der Waals surface area contributed by atoms with Gasteiger partial charge in [-0.25, -0.2) is 5.43 Å². The van der Waals surface area contributed by atoms with Gasteiger partial charge in [0.25, 0.3) is 0 Å². The SMILES string of the molecule is O=C(N/N=C\c1cccc2ccccc12)[C@@H]1CC(=O)N(c2ccccc2)C1. The third kappa shape index (κ3) is 3.58. The van der Waals surface area contributed by atoms with Crippen LogP contribution in [0.2, 0.25) is 0 Å². The molecule has 0 radical (unpaired) electrons. The summed E-state index contributed by atoms with van der Waals surface area (Å²) in [4.78, 5) is 26.3. The van der Waals surface area contributed by atoms with Gasteiger partial charge in [-0.1, -0.05) is 60.7 Å². The van der Waals surface area contributed by atoms with Crippen LogP contribution in [0.4, 0.5) is 5.69 Å². The van der Waals surface area contributed by atoms with Crippen molar-refractivity contribution in [1.82, 2.24) is 5.43 Å². The highest BCUT2D eigenvalue weighted by Crippen LogP contribution is 2.24. The van der Waals surface area contributed by atoms with Gasteiger partial charge in [-0.05, 0) is 22.9 Å². The summed E-state index contributed by atoms with van der Waals surface area (Å²) < 4.78 is 0. The van der Waals surface area contributed by atoms with E-state index in [1.807, 2.05) is 72.8 Å². The molecule has 134 valence electrons. The van der Waals surface area contributed by atoms with E-state index < -0.39 is 5.92 Å². The van der Waals surface area contributed by atoms with Gasteiger partial charge in [0.2, 0.25) is 11.8 Å². The van der Waals surface area contributed by atoms with Crippen LogP contribution in [-0.2, 0) is 9.59 Å². The number of fused-ring (bicyclic) bond motifs is 1. The summed E-state index contributed by atoms with van der Waals surface area (Å²) in [7, 11) is 0. The lowest BCUT2D eigenvalue weighted by atomic mass is 10.1. The highest BCUT2D eigenvalue weighted by Gasteiger charge is 2.34. The Morgan fingerprint density at radius 3 is 2.59 bits per heavy atom. The third-order valence-corrected chi connectivity index (χ3v) is 4.77. The Morgan fingerprint density at radius 2 is 1.74 bits per heavy atom. The number of hydrazone groups is 1. The second-order valence-corrected chi connectivity index (χ2v) is 6.54. The van der Waals surface area contributed by atoms with Gasteiger partial charge in [0.1, 0.15) is 0 Å². The van der Waals surface area contributed by atoms with E-state index in [4.69, 9.17) is 0 Å². The molecule has 0 spiro atoms. The van der Waals surface area contributed by atoms with Gasteiger partial charge >= 0.3 is 0 Å². The zero-order valence-electron chi connectivity index (χ0n) is 14.7. The summed E-state index contributed by atoms with van der Waals surface area (Å²) in [5, 5.41) is 6.30. The van der Waals surface area contributed by atoms with E-state index in [1.54, 1.807) is 11.1 Å². The second kappa shape index (κ2) is 7.41. The number of carbonyl (C=O) groups excluding carboxylic acids is 2. The minimum atomic E-state index is -0.401. The lowest BCUT2D eigenvalue weighted by Crippen LogP contribution is -2.30. The molecule has 5 heteroatoms. The summed E-state index contributed by atoms with van der Waals surface area (Å²) in [6.07, 6.45) is 1.84. The maximum absolute atomic E-state index is 12.4. The van der Waals surface area contributed by atoms with E-state index in [1.165, 1.54) is 0 Å². The summed E-state index contributed by atoms with van der Waals surface area (Å²) in [6.45, 7) is 0.373. The molecule has 0 aromatic heterocycles. The third-order valence-electron chi connectivity index (χ3n) is 4.77. The molecule has 0 saturated carbocycles. The molecular formula is C22H19N3O2. The number of nitrogens with zero attached hydrogens (tertiary/aromatic N) is 2. The number of para-hydroxylation sites is 1. The van der Waals surface area contributed by atoms with Crippen molar-refractivity contribution in [3.05, 3.63) is 78.4 Å². The molecule has 1 fully saturated rings. The van der Waals surface area contributed by atoms with Crippen LogP contribution in [0.15, 0.2) is 77.9 Å². The van der Waals surface area contributed by atoms with E-state index in [-0.39, 0.29) is 18.2 Å². The fourth-order valence-electron chi connectivity index (χ4n) is 3.36. The molecular weight excluding hydrogens is 338 g/mol. The van der Waals surface area contributed by atoms with Crippen LogP contribution >= 0.6 is 0 Å². The van der Waals surface area contributed by atoms with Crippen LogP contribution in [0.1, 0.15) is 12.0 Å². The number of hydrogen-bond acceptors (Lipinski definition) is 3. The smallest absolute Gasteiger partial charge is 0.245 e. The van der Waals surface area contributed by atoms with Crippen molar-refractivity contribution >= 4 is 34.5 Å². The molecule has 0 bridgehead atoms. The zero-order valence-corrected chi connectivity index (χ0v) is 14.7. The number of hydrogen-bond donors (Lipinski definition) is 1. The standard InChI is InChI=1S/C22H19N3O2/c26-21-13-18(15-25(21)19-10-2-1-3-11-19)22(27)24-23-14-17-9-6-8-16-7-4-5-12-20(16)17/h1-12,14,18H,13,15H2,(H,24,27)/b23-14-/t18-/m1/s1. The normalized spacial score (nSPS) is 17.0. The van der Waals surface area contributed by atoms with E-state index in [9.17, 15) is 9.59 Å². The number of rotatable bonds is 4. The molecule has 1 aliphatic rings. The zero-order chi connectivity index (χ0) is 18.6. The second-order valence-electron chi connectivity index (χ2n) is 6.54. The van der Waals surface area contributed by atoms with Crippen LogP contribution in [0.25, 0.3) is 10.8 Å². The molecule has 1 atom stereocenters. The number of amides is 2. The van der Waals surface area contributed by atoms with Crippen LogP contribution in [0, 0.1) is 5.92 Å². The van der Waals surface area contributed by atoms with Crippen molar-refractivity contribution < 1.29 is 9.59 Å². The van der Waals surface area contributed by atoms with E-state index >= 15 is 0 Å². The molecule has 27 heavy (non-hydrogen) atoms. The first-order valence-corrected chi connectivity index (χ1v) is 8.88. The van der Waals surface area contributed by atoms with Crippen molar-refractivity contribution in [2.75, 3.05) is 11.4 Å². The highest BCUT2D eigenvalue weighted by atomic mass is 16.2. The maximum atomic E-state index is 12.4. The monoisotopic (exact) mass is 357 g/mol. The molecule has 2 amide bonds. The molecule has 1 heterocycles. The first-order valence-electron chi connectivity index (χ1n) is 8.88. The first-order chi connectivity index (χ1) is 13.2. The highest BCUT2D eigenvalue weighted by molar-refractivity contribution is 6.01. The van der Waals surface area contributed by atoms with Crippen molar-refractivity contribution in [2.24, 2.45) is 11.0 Å². The van der Waals surface area contributed by atoms with E-state index in [0.717, 1.165) is 22.0 Å². The van der Waals surface area contributed by atoms with E-state index in [2.05, 4.69) is 10.5 Å². The molecule has 1 saturated heterocycles. The number of anilines is 1. The van der Waals surface area contributed by atoms with Gasteiger partial charge in [0.05, 0.1) is 12.1 Å². The van der Waals surface area contributed by atoms with Gasteiger partial charge in [-0.3, -0.25) is 9.59 Å². The van der Waals surface area contributed by atoms with Gasteiger partial charge in [0, 0.05) is 24.2 Å². The molecule has 0 unspecified atom stereocenters. The van der Waals surface area contributed by atoms with Gasteiger partial charge in [-0.2, -0.15) is 5.10 Å². The fourth-order valence-corrected chi connectivity index (χ4v) is 3.36. The molecule has 3 aromatic carbocycles. The van der Waals surface area contributed by atoms with Gasteiger partial charge < -0.3 is 4.90 Å². The first kappa shape index (κ1) is 17.0. The van der Waals surface area contributed by atoms with Gasteiger partial charge in [-0.15, -0.1) is 0 Å². The van der Waals surface area contributed by atoms with Crippen molar-refractivity contribution in [3.63, 3.8) is 0 Å². The molecule has 0 aliphatic carbocycles. The van der Waals surface area contributed by atoms with Crippen molar-refractivity contribution in [3.8, 4) is 0 Å². The summed E-state index contributed by atoms with van der Waals surface area (Å²) >= 11 is 0. The summed E-state index contributed by atoms with van der Waals surface area (Å²) in [5.41, 5.74) is 4.33.